The minimum atomic E-state index is -2.26. The molecule has 0 bridgehead atoms. The molecule has 4 aromatic heterocycles. The smallest absolute Gasteiger partial charge is 0.404 e. The molecule has 110 heavy (non-hydrogen) atoms. The number of anilines is 1. The number of hydrogen-bond acceptors (Lipinski definition) is 39. The maximum Gasteiger partial charge on any atom is 0.404 e. The second kappa shape index (κ2) is 41.5. The van der Waals surface area contributed by atoms with Crippen molar-refractivity contribution in [3.05, 3.63) is 56.8 Å². The zero-order chi connectivity index (χ0) is 81.1. The molecular weight excluding hydrogens is 1500 g/mol. The van der Waals surface area contributed by atoms with Crippen molar-refractivity contribution in [3.63, 3.8) is 0 Å². The van der Waals surface area contributed by atoms with Crippen molar-refractivity contribution in [2.75, 3.05) is 51.7 Å². The Morgan fingerprint density at radius 3 is 2.05 bits per heavy atom. The summed E-state index contributed by atoms with van der Waals surface area (Å²) in [5, 5.41) is 144. The first-order valence-electron chi connectivity index (χ1n) is 34.6. The van der Waals surface area contributed by atoms with E-state index in [4.69, 9.17) is 73.3 Å². The summed E-state index contributed by atoms with van der Waals surface area (Å²) >= 11 is 1.90. The van der Waals surface area contributed by atoms with E-state index in [9.17, 15) is 84.9 Å². The van der Waals surface area contributed by atoms with Gasteiger partial charge < -0.3 is 172 Å². The predicted octanol–water partition coefficient (Wildman–Crippen LogP) is -10.9. The predicted molar refractivity (Wildman–Crippen MR) is 377 cm³/mol. The number of amides is 8. The fourth-order valence-electron chi connectivity index (χ4n) is 11.4. The van der Waals surface area contributed by atoms with E-state index in [1.54, 1.807) is 0 Å². The Balaban J connectivity index is 1.16. The Morgan fingerprint density at radius 1 is 0.718 bits per heavy atom. The minimum Gasteiger partial charge on any atom is -0.441 e. The molecule has 8 amide bonds. The third-order valence-corrected chi connectivity index (χ3v) is 19.6. The van der Waals surface area contributed by atoms with Crippen LogP contribution in [0.2, 0.25) is 0 Å². The number of aliphatic hydroxyl groups is 11. The molecule has 0 spiro atoms. The molecule has 0 aromatic carbocycles. The average Bonchev–Trinajstić information content (AvgIpc) is 0.812. The van der Waals surface area contributed by atoms with Gasteiger partial charge in [0.2, 0.25) is 29.5 Å². The molecule has 3 fully saturated rings. The standard InChI is InChI=1S/C62H98N20O26S2/c1-21-36(79-51(81-49(21)67)26(12-33(65)87)73-14-25(64)50(68)96)53(98)80-38(46(27-15-71-20-74-27)105-61-48(42(92)39(89)31(16-83)104-61)106-60-44(94)47(107-62(69)101)40(90)32(17-84)103-60)55(100)75-22(2)30(86)13-34(88)78-37(23(3)85)54(99)82-56(108-59-43(93)41(91)35(66)24(4)102-59)45(95)58-77-29(19-110-58)57-76-28(18-109-57)52(97)72-11-7-10-70-9-6-5-8-63/h15,18-20,22-26,30-32,35,37-48,56,59-61,70,73,83-86,89-95H,5-14,16-17,63-64,66H2,1-4H3,(H2,65,87)(H2,68,96)(H2,69,101)(H,71,74)(H,72,97)(H,75,100)(H,78,88)(H,80,98)(H,82,99)(H2,67,79,81)/t22-,23-,24-,25+,26-,30-,31+,32-,35-,37+,38+,39+,40-,41-,42-,43-,44+,45-,46-,47+,48-,56+,59-,60+,61+/m1/s1. The second-order valence-electron chi connectivity index (χ2n) is 26.1. The monoisotopic (exact) mass is 1600 g/mol. The highest BCUT2D eigenvalue weighted by Gasteiger charge is 2.54. The minimum absolute atomic E-state index is 0.0775. The number of nitrogens with two attached hydrogens (primary N) is 7. The topological polar surface area (TPSA) is 770 Å². The van der Waals surface area contributed by atoms with E-state index in [2.05, 4.69) is 67.1 Å². The van der Waals surface area contributed by atoms with Gasteiger partial charge in [0.1, 0.15) is 112 Å². The number of nitrogens with zero attached hydrogens (tertiary/aromatic N) is 5. The third-order valence-electron chi connectivity index (χ3n) is 17.8. The second-order valence-corrected chi connectivity index (χ2v) is 27.9. The van der Waals surface area contributed by atoms with Crippen LogP contribution < -0.4 is 77.4 Å². The molecule has 48 heteroatoms. The van der Waals surface area contributed by atoms with Gasteiger partial charge in [-0.05, 0) is 66.6 Å². The number of carbonyl (C=O) groups is 8. The van der Waals surface area contributed by atoms with E-state index in [0.29, 0.717) is 26.1 Å². The Kier molecular flexibility index (Phi) is 33.7. The van der Waals surface area contributed by atoms with Crippen LogP contribution in [0.5, 0.6) is 0 Å². The maximum absolute atomic E-state index is 15.3. The van der Waals surface area contributed by atoms with Crippen molar-refractivity contribution < 1.29 is 128 Å². The van der Waals surface area contributed by atoms with Gasteiger partial charge in [-0.1, -0.05) is 0 Å². The van der Waals surface area contributed by atoms with Gasteiger partial charge in [0, 0.05) is 35.8 Å². The van der Waals surface area contributed by atoms with E-state index in [1.165, 1.54) is 24.6 Å². The number of thiazole rings is 2. The Labute approximate surface area is 634 Å². The summed E-state index contributed by atoms with van der Waals surface area (Å²) in [5.74, 6) is -8.29. The summed E-state index contributed by atoms with van der Waals surface area (Å²) in [7, 11) is 0. The molecule has 4 aromatic rings. The zero-order valence-corrected chi connectivity index (χ0v) is 61.5. The highest BCUT2D eigenvalue weighted by atomic mass is 32.1. The van der Waals surface area contributed by atoms with Crippen molar-refractivity contribution >= 4 is 75.9 Å². The van der Waals surface area contributed by atoms with Crippen LogP contribution in [0.4, 0.5) is 10.6 Å². The van der Waals surface area contributed by atoms with Gasteiger partial charge >= 0.3 is 6.09 Å². The molecule has 3 aliphatic heterocycles. The van der Waals surface area contributed by atoms with Gasteiger partial charge in [0.25, 0.3) is 11.8 Å². The fourth-order valence-corrected chi connectivity index (χ4v) is 13.0. The molecule has 0 radical (unpaired) electrons. The summed E-state index contributed by atoms with van der Waals surface area (Å²) in [5.41, 5.74) is 39.0. The number of rotatable bonds is 41. The number of unbranched alkanes of at least 4 members (excludes halogenated alkanes) is 1. The molecule has 0 saturated carbocycles. The van der Waals surface area contributed by atoms with Crippen molar-refractivity contribution in [2.24, 2.45) is 34.4 Å². The Morgan fingerprint density at radius 2 is 1.40 bits per heavy atom. The first-order chi connectivity index (χ1) is 52.1. The van der Waals surface area contributed by atoms with E-state index in [1.807, 2.05) is 0 Å². The van der Waals surface area contributed by atoms with Crippen LogP contribution in [0.3, 0.4) is 0 Å². The number of H-pyrrole nitrogens is 1. The number of aromatic amines is 1. The molecule has 614 valence electrons. The summed E-state index contributed by atoms with van der Waals surface area (Å²) < 4.78 is 40.4. The van der Waals surface area contributed by atoms with Crippen LogP contribution in [0, 0.1) is 6.92 Å². The molecule has 0 unspecified atom stereocenters. The molecule has 33 N–H and O–H groups in total. The summed E-state index contributed by atoms with van der Waals surface area (Å²) in [6, 6.07) is -9.66. The van der Waals surface area contributed by atoms with E-state index in [-0.39, 0.29) is 32.7 Å². The first kappa shape index (κ1) is 89.2. The van der Waals surface area contributed by atoms with Crippen LogP contribution >= 0.6 is 22.7 Å². The van der Waals surface area contributed by atoms with Gasteiger partial charge in [0.05, 0.1) is 80.3 Å². The lowest BCUT2D eigenvalue weighted by molar-refractivity contribution is -0.372. The van der Waals surface area contributed by atoms with Crippen LogP contribution in [0.15, 0.2) is 23.3 Å². The number of aromatic nitrogens is 6. The van der Waals surface area contributed by atoms with Crippen LogP contribution in [-0.4, -0.2) is 314 Å². The van der Waals surface area contributed by atoms with Gasteiger partial charge in [0.15, 0.2) is 37.3 Å². The molecule has 7 heterocycles. The molecule has 7 rings (SSSR count). The van der Waals surface area contributed by atoms with Crippen LogP contribution in [0.25, 0.3) is 10.7 Å². The molecule has 3 aliphatic rings. The molecule has 25 atom stereocenters. The highest BCUT2D eigenvalue weighted by Crippen LogP contribution is 2.36. The number of aliphatic hydroxyl groups excluding tert-OH is 11. The number of carbonyl (C=O) groups excluding carboxylic acids is 8. The van der Waals surface area contributed by atoms with E-state index < -0.39 is 250 Å². The third kappa shape index (κ3) is 23.6. The zero-order valence-electron chi connectivity index (χ0n) is 59.9. The van der Waals surface area contributed by atoms with Gasteiger partial charge in [-0.25, -0.2) is 29.7 Å². The van der Waals surface area contributed by atoms with E-state index >= 15 is 9.59 Å². The van der Waals surface area contributed by atoms with Gasteiger partial charge in [-0.15, -0.1) is 22.7 Å². The van der Waals surface area contributed by atoms with Crippen LogP contribution in [-0.2, 0) is 57.1 Å². The summed E-state index contributed by atoms with van der Waals surface area (Å²) in [4.78, 5) is 132. The number of hydrogen-bond donors (Lipinski definition) is 26. The molecule has 0 aliphatic carbocycles. The lowest BCUT2D eigenvalue weighted by Crippen LogP contribution is -2.65. The molecular formula is C62H98N20O26S2. The van der Waals surface area contributed by atoms with Crippen LogP contribution in [0.1, 0.15) is 114 Å². The number of ether oxygens (including phenoxy) is 7. The lowest BCUT2D eigenvalue weighted by atomic mass is 9.97. The summed E-state index contributed by atoms with van der Waals surface area (Å²) in [6.45, 7) is 4.85. The van der Waals surface area contributed by atoms with Crippen molar-refractivity contribution in [3.8, 4) is 10.7 Å². The van der Waals surface area contributed by atoms with E-state index in [0.717, 1.165) is 68.4 Å². The Bertz CT molecular complexity index is 3690. The van der Waals surface area contributed by atoms with Gasteiger partial charge in [-0.2, -0.15) is 0 Å². The number of nitrogen functional groups attached to an aromatic ring is 1. The highest BCUT2D eigenvalue weighted by molar-refractivity contribution is 7.14. The van der Waals surface area contributed by atoms with Crippen molar-refractivity contribution in [1.82, 2.24) is 67.1 Å². The van der Waals surface area contributed by atoms with Crippen molar-refractivity contribution in [2.45, 2.75) is 213 Å². The summed E-state index contributed by atoms with van der Waals surface area (Å²) in [6.07, 6.45) is -35.3. The number of primary amides is 3. The maximum atomic E-state index is 15.3. The molecule has 3 saturated heterocycles. The van der Waals surface area contributed by atoms with Gasteiger partial charge in [-0.3, -0.25) is 33.6 Å². The average molecular weight is 1600 g/mol. The first-order valence-corrected chi connectivity index (χ1v) is 36.3. The normalized spacial score (nSPS) is 26.9. The fraction of sp³-hybridized carbons (Fsp3) is 0.661. The lowest BCUT2D eigenvalue weighted by Gasteiger charge is -2.47. The van der Waals surface area contributed by atoms with Crippen molar-refractivity contribution in [1.29, 1.82) is 0 Å². The number of nitrogens with one attached hydrogen (secondary N) is 8. The largest absolute Gasteiger partial charge is 0.441 e. The molecule has 46 nitrogen and oxygen atoms in total. The Hall–Kier alpha value is -7.97. The number of imidazole rings is 1. The quantitative estimate of drug-likeness (QED) is 0.0145. The SMILES string of the molecule is Cc1c(N)nc([C@@H](CC(N)=O)NC[C@H](N)C(N)=O)nc1C(=O)N[C@H](C(=O)N[C@H](C)[C@H](O)CC(=O)N[C@H](C(=O)N[C@@H](O[C@H]1O[C@H](C)[C@@H](N)[C@@H](O)[C@H]1O)[C@@H](O)c1nc(-c2nc(C(=O)NCCCNCCCCN)cs2)cs1)[C@@H](C)O)[C@H](O[C@@H]1O[C@@H](CO)[C@H](O)[C@@H](O)[C@H]1O[C@@H]1O[C@H](CO)[C@@H](O)[C@H](OC(N)=O)[C@@H]1O)c1cnc[nH]1.